The minimum absolute atomic E-state index is 0.104. The van der Waals surface area contributed by atoms with Crippen LogP contribution >= 0.6 is 22.6 Å². The maximum Gasteiger partial charge on any atom is 0.277 e. The molecule has 0 atom stereocenters. The van der Waals surface area contributed by atoms with Gasteiger partial charge in [0.1, 0.15) is 17.3 Å². The summed E-state index contributed by atoms with van der Waals surface area (Å²) in [6.07, 6.45) is 1.46. The fourth-order valence-electron chi connectivity index (χ4n) is 2.50. The van der Waals surface area contributed by atoms with E-state index in [0.717, 1.165) is 26.0 Å². The monoisotopic (exact) mass is 474 g/mol. The van der Waals surface area contributed by atoms with Gasteiger partial charge in [0.05, 0.1) is 6.21 Å². The lowest BCUT2D eigenvalue weighted by atomic mass is 10.1. The zero-order valence-corrected chi connectivity index (χ0v) is 17.2. The molecule has 1 aromatic heterocycles. The number of amides is 1. The largest absolute Gasteiger partial charge is 0.483 e. The molecule has 1 heterocycles. The SMILES string of the molecule is Cc1ccc(OCC(=O)NN=Cc2ccc(-c3ccc(I)cc3)o2)c(C)c1. The smallest absolute Gasteiger partial charge is 0.277 e. The van der Waals surface area contributed by atoms with Gasteiger partial charge in [-0.3, -0.25) is 4.79 Å². The third-order valence-electron chi connectivity index (χ3n) is 3.83. The summed E-state index contributed by atoms with van der Waals surface area (Å²) in [7, 11) is 0. The maximum atomic E-state index is 11.9. The summed E-state index contributed by atoms with van der Waals surface area (Å²) in [5, 5.41) is 3.91. The van der Waals surface area contributed by atoms with E-state index in [2.05, 4.69) is 33.1 Å². The van der Waals surface area contributed by atoms with Crippen molar-refractivity contribution in [3.63, 3.8) is 0 Å². The number of hydrogen-bond donors (Lipinski definition) is 1. The van der Waals surface area contributed by atoms with Crippen LogP contribution in [0.3, 0.4) is 0 Å². The number of hydrazone groups is 1. The highest BCUT2D eigenvalue weighted by Crippen LogP contribution is 2.22. The Morgan fingerprint density at radius 3 is 2.67 bits per heavy atom. The van der Waals surface area contributed by atoms with Gasteiger partial charge in [-0.15, -0.1) is 0 Å². The van der Waals surface area contributed by atoms with Crippen molar-refractivity contribution in [1.82, 2.24) is 5.43 Å². The van der Waals surface area contributed by atoms with Crippen molar-refractivity contribution in [2.75, 3.05) is 6.61 Å². The summed E-state index contributed by atoms with van der Waals surface area (Å²) in [5.41, 5.74) is 5.56. The topological polar surface area (TPSA) is 63.8 Å². The Morgan fingerprint density at radius 1 is 1.15 bits per heavy atom. The molecule has 3 aromatic rings. The predicted molar refractivity (Wildman–Crippen MR) is 114 cm³/mol. The normalized spacial score (nSPS) is 10.9. The number of rotatable bonds is 6. The number of halogens is 1. The molecule has 0 saturated heterocycles. The van der Waals surface area contributed by atoms with Crippen LogP contribution < -0.4 is 10.2 Å². The van der Waals surface area contributed by atoms with Gasteiger partial charge in [0, 0.05) is 9.13 Å². The first-order chi connectivity index (χ1) is 13.0. The number of aryl methyl sites for hydroxylation is 2. The lowest BCUT2D eigenvalue weighted by Gasteiger charge is -2.08. The Labute approximate surface area is 171 Å². The average Bonchev–Trinajstić information content (AvgIpc) is 3.10. The second-order valence-corrected chi connectivity index (χ2v) is 7.31. The number of carbonyl (C=O) groups excluding carboxylic acids is 1. The lowest BCUT2D eigenvalue weighted by Crippen LogP contribution is -2.24. The van der Waals surface area contributed by atoms with Crippen LogP contribution in [0.1, 0.15) is 16.9 Å². The molecule has 0 spiro atoms. The number of nitrogens with zero attached hydrogens (tertiary/aromatic N) is 1. The van der Waals surface area contributed by atoms with Crippen molar-refractivity contribution >= 4 is 34.7 Å². The van der Waals surface area contributed by atoms with Gasteiger partial charge in [0.2, 0.25) is 0 Å². The van der Waals surface area contributed by atoms with Crippen molar-refractivity contribution < 1.29 is 13.9 Å². The Kier molecular flexibility index (Phi) is 6.28. The van der Waals surface area contributed by atoms with Crippen LogP contribution in [0, 0.1) is 17.4 Å². The average molecular weight is 474 g/mol. The van der Waals surface area contributed by atoms with Gasteiger partial charge in [0.25, 0.3) is 5.91 Å². The highest BCUT2D eigenvalue weighted by atomic mass is 127. The van der Waals surface area contributed by atoms with Crippen molar-refractivity contribution in [1.29, 1.82) is 0 Å². The van der Waals surface area contributed by atoms with E-state index in [4.69, 9.17) is 9.15 Å². The van der Waals surface area contributed by atoms with Crippen molar-refractivity contribution in [3.8, 4) is 17.1 Å². The molecule has 2 aromatic carbocycles. The molecular formula is C21H19IN2O3. The van der Waals surface area contributed by atoms with E-state index in [1.165, 1.54) is 6.21 Å². The second-order valence-electron chi connectivity index (χ2n) is 6.06. The van der Waals surface area contributed by atoms with Crippen LogP contribution in [0.4, 0.5) is 0 Å². The Hall–Kier alpha value is -2.61. The van der Waals surface area contributed by atoms with Gasteiger partial charge in [-0.05, 0) is 72.3 Å². The fraction of sp³-hybridized carbons (Fsp3) is 0.143. The van der Waals surface area contributed by atoms with Crippen LogP contribution in [0.2, 0.25) is 0 Å². The third kappa shape index (κ3) is 5.43. The molecule has 0 aliphatic carbocycles. The van der Waals surface area contributed by atoms with Crippen molar-refractivity contribution in [2.24, 2.45) is 5.10 Å². The van der Waals surface area contributed by atoms with E-state index < -0.39 is 0 Å². The van der Waals surface area contributed by atoms with E-state index in [-0.39, 0.29) is 12.5 Å². The molecule has 0 aliphatic rings. The molecule has 1 amide bonds. The van der Waals surface area contributed by atoms with Gasteiger partial charge in [-0.1, -0.05) is 29.8 Å². The summed E-state index contributed by atoms with van der Waals surface area (Å²) in [6.45, 7) is 3.85. The lowest BCUT2D eigenvalue weighted by molar-refractivity contribution is -0.123. The van der Waals surface area contributed by atoms with Crippen LogP contribution in [0.25, 0.3) is 11.3 Å². The minimum Gasteiger partial charge on any atom is -0.483 e. The highest BCUT2D eigenvalue weighted by molar-refractivity contribution is 14.1. The molecule has 0 saturated carbocycles. The van der Waals surface area contributed by atoms with E-state index in [1.54, 1.807) is 6.07 Å². The molecule has 138 valence electrons. The first kappa shape index (κ1) is 19.2. The molecule has 0 fully saturated rings. The number of ether oxygens (including phenoxy) is 1. The summed E-state index contributed by atoms with van der Waals surface area (Å²) >= 11 is 2.26. The number of hydrogen-bond acceptors (Lipinski definition) is 4. The van der Waals surface area contributed by atoms with Crippen LogP contribution in [-0.2, 0) is 4.79 Å². The third-order valence-corrected chi connectivity index (χ3v) is 4.54. The van der Waals surface area contributed by atoms with Crippen LogP contribution in [0.15, 0.2) is 64.1 Å². The highest BCUT2D eigenvalue weighted by Gasteiger charge is 2.05. The van der Waals surface area contributed by atoms with Crippen molar-refractivity contribution in [2.45, 2.75) is 13.8 Å². The Bertz CT molecular complexity index is 962. The van der Waals surface area contributed by atoms with E-state index >= 15 is 0 Å². The molecule has 1 N–H and O–H groups in total. The number of nitrogens with one attached hydrogen (secondary N) is 1. The second kappa shape index (κ2) is 8.85. The number of carbonyl (C=O) groups is 1. The van der Waals surface area contributed by atoms with Gasteiger partial charge >= 0.3 is 0 Å². The molecule has 6 heteroatoms. The Balaban J connectivity index is 1.51. The fourth-order valence-corrected chi connectivity index (χ4v) is 2.86. The minimum atomic E-state index is -0.337. The van der Waals surface area contributed by atoms with E-state index in [9.17, 15) is 4.79 Å². The first-order valence-electron chi connectivity index (χ1n) is 8.39. The first-order valence-corrected chi connectivity index (χ1v) is 9.47. The molecular weight excluding hydrogens is 455 g/mol. The van der Waals surface area contributed by atoms with Gasteiger partial charge in [0.15, 0.2) is 6.61 Å². The molecule has 0 bridgehead atoms. The van der Waals surface area contributed by atoms with Crippen molar-refractivity contribution in [3.05, 3.63) is 75.1 Å². The zero-order valence-electron chi connectivity index (χ0n) is 15.0. The Morgan fingerprint density at radius 2 is 1.93 bits per heavy atom. The number of furan rings is 1. The summed E-state index contributed by atoms with van der Waals surface area (Å²) < 4.78 is 12.4. The molecule has 27 heavy (non-hydrogen) atoms. The molecule has 5 nitrogen and oxygen atoms in total. The maximum absolute atomic E-state index is 11.9. The zero-order chi connectivity index (χ0) is 19.2. The molecule has 0 unspecified atom stereocenters. The van der Waals surface area contributed by atoms with Crippen LogP contribution in [0.5, 0.6) is 5.75 Å². The molecule has 3 rings (SSSR count). The summed E-state index contributed by atoms with van der Waals surface area (Å²) in [5.74, 6) is 1.65. The van der Waals surface area contributed by atoms with Gasteiger partial charge in [-0.25, -0.2) is 5.43 Å². The number of benzene rings is 2. The quantitative estimate of drug-likeness (QED) is 0.320. The standard InChI is InChI=1S/C21H19IN2O3/c1-14-3-9-19(15(2)11-14)26-13-21(25)24-23-12-18-8-10-20(27-18)16-4-6-17(22)7-5-16/h3-12H,13H2,1-2H3,(H,24,25). The summed E-state index contributed by atoms with van der Waals surface area (Å²) in [6, 6.07) is 17.5. The van der Waals surface area contributed by atoms with E-state index in [1.807, 2.05) is 62.4 Å². The van der Waals surface area contributed by atoms with E-state index in [0.29, 0.717) is 11.5 Å². The van der Waals surface area contributed by atoms with Crippen LogP contribution in [-0.4, -0.2) is 18.7 Å². The summed E-state index contributed by atoms with van der Waals surface area (Å²) in [4.78, 5) is 11.9. The molecule has 0 radical (unpaired) electrons. The van der Waals surface area contributed by atoms with Gasteiger partial charge < -0.3 is 9.15 Å². The molecule has 0 aliphatic heterocycles. The predicted octanol–water partition coefficient (Wildman–Crippen LogP) is 4.70. The van der Waals surface area contributed by atoms with Gasteiger partial charge in [-0.2, -0.15) is 5.10 Å².